The van der Waals surface area contributed by atoms with Crippen LogP contribution in [0.25, 0.3) is 0 Å². The number of hydrogen-bond acceptors (Lipinski definition) is 2. The molecule has 0 radical (unpaired) electrons. The average Bonchev–Trinajstić information content (AvgIpc) is 2.76. The van der Waals surface area contributed by atoms with E-state index >= 15 is 0 Å². The van der Waals surface area contributed by atoms with Gasteiger partial charge >= 0.3 is 6.03 Å². The highest BCUT2D eigenvalue weighted by atomic mass is 16.2. The molecular weight excluding hydrogens is 290 g/mol. The Labute approximate surface area is 138 Å². The molecule has 5 rings (SSSR count). The van der Waals surface area contributed by atoms with Crippen LogP contribution >= 0.6 is 0 Å². The number of amides is 3. The van der Waals surface area contributed by atoms with Crippen molar-refractivity contribution in [3.05, 3.63) is 0 Å². The number of nitrogens with one attached hydrogen (secondary N) is 1. The Bertz CT molecular complexity index is 465. The van der Waals surface area contributed by atoms with Crippen LogP contribution < -0.4 is 5.32 Å². The lowest BCUT2D eigenvalue weighted by Gasteiger charge is -2.54. The Hall–Kier alpha value is -1.26. The largest absolute Gasteiger partial charge is 0.341 e. The molecule has 5 heteroatoms. The topological polar surface area (TPSA) is 52.7 Å². The zero-order chi connectivity index (χ0) is 16.0. The summed E-state index contributed by atoms with van der Waals surface area (Å²) in [6.45, 7) is 4.49. The standard InChI is InChI=1S/C18H29N3O2/c1-12(22)20-3-2-4-21(6-5-20)18(23)19-17-15-8-13-7-14(10-15)11-16(17)9-13/h13-17H,2-11H2,1H3,(H,19,23). The number of carbonyl (C=O) groups is 2. The zero-order valence-corrected chi connectivity index (χ0v) is 14.2. The van der Waals surface area contributed by atoms with E-state index in [4.69, 9.17) is 0 Å². The predicted octanol–water partition coefficient (Wildman–Crippen LogP) is 2.07. The molecule has 1 heterocycles. The van der Waals surface area contributed by atoms with Crippen LogP contribution in [0.4, 0.5) is 4.79 Å². The van der Waals surface area contributed by atoms with Crippen LogP contribution in [0.2, 0.25) is 0 Å². The number of nitrogens with zero attached hydrogens (tertiary/aromatic N) is 2. The summed E-state index contributed by atoms with van der Waals surface area (Å²) in [4.78, 5) is 28.0. The maximum absolute atomic E-state index is 12.7. The molecule has 5 nitrogen and oxygen atoms in total. The molecule has 0 unspecified atom stereocenters. The fourth-order valence-electron chi connectivity index (χ4n) is 5.83. The van der Waals surface area contributed by atoms with Crippen molar-refractivity contribution in [3.8, 4) is 0 Å². The molecule has 0 aromatic heterocycles. The van der Waals surface area contributed by atoms with E-state index in [1.165, 1.54) is 32.1 Å². The highest BCUT2D eigenvalue weighted by Gasteiger charge is 2.48. The van der Waals surface area contributed by atoms with Crippen LogP contribution in [0.1, 0.15) is 45.4 Å². The maximum Gasteiger partial charge on any atom is 0.317 e. The minimum atomic E-state index is 0.105. The number of rotatable bonds is 1. The third-order valence-corrected chi connectivity index (χ3v) is 6.75. The molecule has 128 valence electrons. The Morgan fingerprint density at radius 2 is 1.39 bits per heavy atom. The summed E-state index contributed by atoms with van der Waals surface area (Å²) in [5.41, 5.74) is 0. The zero-order valence-electron chi connectivity index (χ0n) is 14.2. The molecule has 1 N–H and O–H groups in total. The van der Waals surface area contributed by atoms with Gasteiger partial charge in [-0.15, -0.1) is 0 Å². The monoisotopic (exact) mass is 319 g/mol. The molecule has 4 bridgehead atoms. The van der Waals surface area contributed by atoms with E-state index in [9.17, 15) is 9.59 Å². The number of urea groups is 1. The van der Waals surface area contributed by atoms with E-state index < -0.39 is 0 Å². The van der Waals surface area contributed by atoms with Crippen molar-refractivity contribution < 1.29 is 9.59 Å². The fourth-order valence-corrected chi connectivity index (χ4v) is 5.83. The van der Waals surface area contributed by atoms with Crippen molar-refractivity contribution in [2.75, 3.05) is 26.2 Å². The van der Waals surface area contributed by atoms with E-state index in [2.05, 4.69) is 5.32 Å². The lowest BCUT2D eigenvalue weighted by molar-refractivity contribution is -0.128. The van der Waals surface area contributed by atoms with Crippen LogP contribution in [0.3, 0.4) is 0 Å². The van der Waals surface area contributed by atoms with Gasteiger partial charge in [-0.1, -0.05) is 0 Å². The second kappa shape index (κ2) is 5.99. The third-order valence-electron chi connectivity index (χ3n) is 6.75. The minimum Gasteiger partial charge on any atom is -0.341 e. The van der Waals surface area contributed by atoms with Crippen LogP contribution in [0.5, 0.6) is 0 Å². The van der Waals surface area contributed by atoms with E-state index in [-0.39, 0.29) is 11.9 Å². The first-order chi connectivity index (χ1) is 11.1. The van der Waals surface area contributed by atoms with Gasteiger partial charge in [0, 0.05) is 39.1 Å². The van der Waals surface area contributed by atoms with Gasteiger partial charge in [-0.25, -0.2) is 4.79 Å². The van der Waals surface area contributed by atoms with Crippen molar-refractivity contribution in [1.29, 1.82) is 0 Å². The Kier molecular flexibility index (Phi) is 3.98. The molecule has 0 atom stereocenters. The second-order valence-corrected chi connectivity index (χ2v) is 8.25. The summed E-state index contributed by atoms with van der Waals surface area (Å²) in [6.07, 6.45) is 7.65. The maximum atomic E-state index is 12.7. The SMILES string of the molecule is CC(=O)N1CCCN(C(=O)NC2C3CC4CC(C3)CC2C4)CC1. The quantitative estimate of drug-likeness (QED) is 0.804. The summed E-state index contributed by atoms with van der Waals surface area (Å²) in [5, 5.41) is 3.39. The van der Waals surface area contributed by atoms with E-state index in [1.54, 1.807) is 6.92 Å². The predicted molar refractivity (Wildman–Crippen MR) is 87.8 cm³/mol. The molecule has 0 aromatic carbocycles. The normalized spacial score (nSPS) is 39.3. The molecule has 0 spiro atoms. The van der Waals surface area contributed by atoms with Crippen molar-refractivity contribution in [2.24, 2.45) is 23.7 Å². The third kappa shape index (κ3) is 2.94. The van der Waals surface area contributed by atoms with Crippen molar-refractivity contribution >= 4 is 11.9 Å². The van der Waals surface area contributed by atoms with Gasteiger partial charge < -0.3 is 15.1 Å². The minimum absolute atomic E-state index is 0.105. The molecule has 4 saturated carbocycles. The molecule has 23 heavy (non-hydrogen) atoms. The van der Waals surface area contributed by atoms with Crippen molar-refractivity contribution in [2.45, 2.75) is 51.5 Å². The van der Waals surface area contributed by atoms with Gasteiger partial charge in [-0.05, 0) is 62.2 Å². The number of hydrogen-bond donors (Lipinski definition) is 1. The Morgan fingerprint density at radius 3 is 2.00 bits per heavy atom. The second-order valence-electron chi connectivity index (χ2n) is 8.25. The van der Waals surface area contributed by atoms with Gasteiger partial charge in [0.25, 0.3) is 0 Å². The van der Waals surface area contributed by atoms with E-state index in [0.717, 1.165) is 43.2 Å². The van der Waals surface area contributed by atoms with Crippen LogP contribution in [0, 0.1) is 23.7 Å². The van der Waals surface area contributed by atoms with Crippen LogP contribution in [-0.2, 0) is 4.79 Å². The van der Waals surface area contributed by atoms with Gasteiger partial charge in [0.2, 0.25) is 5.91 Å². The highest BCUT2D eigenvalue weighted by Crippen LogP contribution is 2.53. The van der Waals surface area contributed by atoms with Gasteiger partial charge in [0.15, 0.2) is 0 Å². The lowest BCUT2D eigenvalue weighted by atomic mass is 9.54. The molecule has 0 aromatic rings. The van der Waals surface area contributed by atoms with Crippen LogP contribution in [-0.4, -0.2) is 54.0 Å². The molecule has 5 aliphatic rings. The summed E-state index contributed by atoms with van der Waals surface area (Å²) >= 11 is 0. The summed E-state index contributed by atoms with van der Waals surface area (Å²) < 4.78 is 0. The van der Waals surface area contributed by atoms with Gasteiger partial charge in [-0.3, -0.25) is 4.79 Å². The average molecular weight is 319 g/mol. The van der Waals surface area contributed by atoms with Crippen LogP contribution in [0.15, 0.2) is 0 Å². The number of carbonyl (C=O) groups excluding carboxylic acids is 2. The molecule has 5 fully saturated rings. The first kappa shape index (κ1) is 15.3. The molecule has 3 amide bonds. The smallest absolute Gasteiger partial charge is 0.317 e. The lowest BCUT2D eigenvalue weighted by Crippen LogP contribution is -2.58. The van der Waals surface area contributed by atoms with Gasteiger partial charge in [0.1, 0.15) is 0 Å². The van der Waals surface area contributed by atoms with Gasteiger partial charge in [0.05, 0.1) is 0 Å². The first-order valence-electron chi connectivity index (χ1n) is 9.41. The molecule has 4 aliphatic carbocycles. The molecule has 1 saturated heterocycles. The van der Waals surface area contributed by atoms with E-state index in [0.29, 0.717) is 19.1 Å². The molecular formula is C18H29N3O2. The Balaban J connectivity index is 1.36. The molecule has 1 aliphatic heterocycles. The van der Waals surface area contributed by atoms with Crippen molar-refractivity contribution in [1.82, 2.24) is 15.1 Å². The summed E-state index contributed by atoms with van der Waals surface area (Å²) in [6, 6.07) is 0.510. The van der Waals surface area contributed by atoms with Gasteiger partial charge in [-0.2, -0.15) is 0 Å². The highest BCUT2D eigenvalue weighted by molar-refractivity contribution is 5.75. The summed E-state index contributed by atoms with van der Waals surface area (Å²) in [5.74, 6) is 3.43. The first-order valence-corrected chi connectivity index (χ1v) is 9.41. The summed E-state index contributed by atoms with van der Waals surface area (Å²) in [7, 11) is 0. The van der Waals surface area contributed by atoms with Crippen molar-refractivity contribution in [3.63, 3.8) is 0 Å². The Morgan fingerprint density at radius 1 is 0.826 bits per heavy atom. The fraction of sp³-hybridized carbons (Fsp3) is 0.889. The van der Waals surface area contributed by atoms with E-state index in [1.807, 2.05) is 9.80 Å².